The van der Waals surface area contributed by atoms with Crippen LogP contribution in [0.1, 0.15) is 12.0 Å². The summed E-state index contributed by atoms with van der Waals surface area (Å²) in [6, 6.07) is 15.1. The maximum atomic E-state index is 12.9. The Bertz CT molecular complexity index is 901. The van der Waals surface area contributed by atoms with E-state index in [4.69, 9.17) is 11.6 Å². The van der Waals surface area contributed by atoms with Crippen LogP contribution in [0.3, 0.4) is 0 Å². The van der Waals surface area contributed by atoms with E-state index in [1.54, 1.807) is 17.0 Å². The standard InChI is InChI=1S/C22H24ClN3O2S/c23-18-5-3-6-19(13-18)26-15-17(12-21(26)27)22(28)24-20-7-2-1-4-16(20)14-25-8-10-29-11-9-25/h1-7,13,17H,8-12,14-15H2,(H,24,28). The molecule has 2 aliphatic heterocycles. The Morgan fingerprint density at radius 3 is 2.72 bits per heavy atom. The largest absolute Gasteiger partial charge is 0.325 e. The monoisotopic (exact) mass is 429 g/mol. The van der Waals surface area contributed by atoms with Crippen molar-refractivity contribution in [3.05, 3.63) is 59.1 Å². The Hall–Kier alpha value is -2.02. The zero-order chi connectivity index (χ0) is 20.2. The molecule has 1 atom stereocenters. The zero-order valence-corrected chi connectivity index (χ0v) is 17.7. The van der Waals surface area contributed by atoms with Gasteiger partial charge in [-0.3, -0.25) is 14.5 Å². The van der Waals surface area contributed by atoms with E-state index in [1.807, 2.05) is 42.1 Å². The molecule has 0 saturated carbocycles. The van der Waals surface area contributed by atoms with Crippen molar-refractivity contribution < 1.29 is 9.59 Å². The number of nitrogens with one attached hydrogen (secondary N) is 1. The van der Waals surface area contributed by atoms with Gasteiger partial charge in [0.15, 0.2) is 0 Å². The molecule has 2 fully saturated rings. The summed E-state index contributed by atoms with van der Waals surface area (Å²) in [5, 5.41) is 3.65. The lowest BCUT2D eigenvalue weighted by molar-refractivity contribution is -0.122. The lowest BCUT2D eigenvalue weighted by Gasteiger charge is -2.27. The molecule has 1 N–H and O–H groups in total. The number of nitrogens with zero attached hydrogens (tertiary/aromatic N) is 2. The van der Waals surface area contributed by atoms with Gasteiger partial charge in [0.25, 0.3) is 0 Å². The van der Waals surface area contributed by atoms with Gasteiger partial charge in [0.1, 0.15) is 0 Å². The van der Waals surface area contributed by atoms with Gasteiger partial charge in [-0.1, -0.05) is 35.9 Å². The summed E-state index contributed by atoms with van der Waals surface area (Å²) in [5.74, 6) is 1.77. The van der Waals surface area contributed by atoms with Crippen LogP contribution in [0.15, 0.2) is 48.5 Å². The first kappa shape index (κ1) is 20.3. The summed E-state index contributed by atoms with van der Waals surface area (Å²) in [5.41, 5.74) is 2.69. The fourth-order valence-corrected chi connectivity index (χ4v) is 4.96. The van der Waals surface area contributed by atoms with Crippen LogP contribution in [-0.2, 0) is 16.1 Å². The van der Waals surface area contributed by atoms with Crippen molar-refractivity contribution in [2.24, 2.45) is 5.92 Å². The maximum absolute atomic E-state index is 12.9. The molecule has 2 amide bonds. The molecule has 4 rings (SSSR count). The highest BCUT2D eigenvalue weighted by atomic mass is 35.5. The van der Waals surface area contributed by atoms with Crippen molar-refractivity contribution >= 4 is 46.6 Å². The molecule has 7 heteroatoms. The molecule has 2 saturated heterocycles. The molecular weight excluding hydrogens is 406 g/mol. The first-order chi connectivity index (χ1) is 14.1. The fourth-order valence-electron chi connectivity index (χ4n) is 3.79. The molecular formula is C22H24ClN3O2S. The topological polar surface area (TPSA) is 52.7 Å². The number of amides is 2. The van der Waals surface area contributed by atoms with E-state index in [9.17, 15) is 9.59 Å². The number of hydrogen-bond donors (Lipinski definition) is 1. The highest BCUT2D eigenvalue weighted by Crippen LogP contribution is 2.28. The summed E-state index contributed by atoms with van der Waals surface area (Å²) < 4.78 is 0. The minimum absolute atomic E-state index is 0.0495. The van der Waals surface area contributed by atoms with Crippen molar-refractivity contribution in [3.63, 3.8) is 0 Å². The third-order valence-electron chi connectivity index (χ3n) is 5.39. The molecule has 1 unspecified atom stereocenters. The van der Waals surface area contributed by atoms with E-state index in [0.717, 1.165) is 48.1 Å². The summed E-state index contributed by atoms with van der Waals surface area (Å²) in [7, 11) is 0. The zero-order valence-electron chi connectivity index (χ0n) is 16.1. The van der Waals surface area contributed by atoms with Gasteiger partial charge in [0.05, 0.1) is 5.92 Å². The van der Waals surface area contributed by atoms with E-state index >= 15 is 0 Å². The third-order valence-corrected chi connectivity index (χ3v) is 6.57. The lowest BCUT2D eigenvalue weighted by atomic mass is 10.1. The lowest BCUT2D eigenvalue weighted by Crippen LogP contribution is -2.32. The number of carbonyl (C=O) groups is 2. The Morgan fingerprint density at radius 2 is 1.93 bits per heavy atom. The number of halogens is 1. The Kier molecular flexibility index (Phi) is 6.43. The van der Waals surface area contributed by atoms with Crippen molar-refractivity contribution in [2.75, 3.05) is 41.4 Å². The minimum Gasteiger partial charge on any atom is -0.325 e. The van der Waals surface area contributed by atoms with Crippen LogP contribution in [0.2, 0.25) is 5.02 Å². The number of benzene rings is 2. The molecule has 2 aliphatic rings. The molecule has 2 heterocycles. The van der Waals surface area contributed by atoms with E-state index in [-0.39, 0.29) is 24.2 Å². The maximum Gasteiger partial charge on any atom is 0.229 e. The highest BCUT2D eigenvalue weighted by Gasteiger charge is 2.35. The Morgan fingerprint density at radius 1 is 1.14 bits per heavy atom. The second kappa shape index (κ2) is 9.20. The van der Waals surface area contributed by atoms with Crippen LogP contribution in [0.25, 0.3) is 0 Å². The van der Waals surface area contributed by atoms with Crippen LogP contribution in [0, 0.1) is 5.92 Å². The summed E-state index contributed by atoms with van der Waals surface area (Å²) in [4.78, 5) is 29.5. The van der Waals surface area contributed by atoms with Crippen LogP contribution in [-0.4, -0.2) is 47.9 Å². The predicted octanol–water partition coefficient (Wildman–Crippen LogP) is 3.88. The molecule has 0 aliphatic carbocycles. The normalized spacial score (nSPS) is 20.1. The van der Waals surface area contributed by atoms with E-state index < -0.39 is 0 Å². The summed E-state index contributed by atoms with van der Waals surface area (Å²) in [6.45, 7) is 3.34. The minimum atomic E-state index is -0.374. The van der Waals surface area contributed by atoms with Gasteiger partial charge in [0.2, 0.25) is 11.8 Å². The van der Waals surface area contributed by atoms with Gasteiger partial charge >= 0.3 is 0 Å². The van der Waals surface area contributed by atoms with Gasteiger partial charge < -0.3 is 10.2 Å². The average molecular weight is 430 g/mol. The predicted molar refractivity (Wildman–Crippen MR) is 120 cm³/mol. The quantitative estimate of drug-likeness (QED) is 0.783. The molecule has 0 bridgehead atoms. The molecule has 2 aromatic carbocycles. The number of anilines is 2. The Labute approximate surface area is 180 Å². The average Bonchev–Trinajstić information content (AvgIpc) is 3.12. The Balaban J connectivity index is 1.43. The van der Waals surface area contributed by atoms with Gasteiger partial charge in [-0.25, -0.2) is 0 Å². The fraction of sp³-hybridized carbons (Fsp3) is 0.364. The van der Waals surface area contributed by atoms with Gasteiger partial charge in [-0.2, -0.15) is 11.8 Å². The number of thioether (sulfide) groups is 1. The first-order valence-corrected chi connectivity index (χ1v) is 11.4. The van der Waals surface area contributed by atoms with Crippen molar-refractivity contribution in [1.29, 1.82) is 0 Å². The first-order valence-electron chi connectivity index (χ1n) is 9.85. The van der Waals surface area contributed by atoms with Crippen LogP contribution in [0.5, 0.6) is 0 Å². The third kappa shape index (κ3) is 4.94. The van der Waals surface area contributed by atoms with Crippen LogP contribution >= 0.6 is 23.4 Å². The smallest absolute Gasteiger partial charge is 0.229 e. The molecule has 2 aromatic rings. The molecule has 5 nitrogen and oxygen atoms in total. The molecule has 0 radical (unpaired) electrons. The second-order valence-corrected chi connectivity index (χ2v) is 9.08. The van der Waals surface area contributed by atoms with Gasteiger partial charge in [0, 0.05) is 60.5 Å². The van der Waals surface area contributed by atoms with Crippen molar-refractivity contribution in [2.45, 2.75) is 13.0 Å². The van der Waals surface area contributed by atoms with Gasteiger partial charge in [-0.05, 0) is 29.8 Å². The molecule has 29 heavy (non-hydrogen) atoms. The van der Waals surface area contributed by atoms with E-state index in [1.165, 1.54) is 0 Å². The van der Waals surface area contributed by atoms with Crippen LogP contribution < -0.4 is 10.2 Å². The van der Waals surface area contributed by atoms with Crippen LogP contribution in [0.4, 0.5) is 11.4 Å². The van der Waals surface area contributed by atoms with E-state index in [0.29, 0.717) is 11.6 Å². The molecule has 0 aromatic heterocycles. The highest BCUT2D eigenvalue weighted by molar-refractivity contribution is 7.99. The number of rotatable bonds is 5. The molecule has 152 valence electrons. The molecule has 0 spiro atoms. The number of hydrogen-bond acceptors (Lipinski definition) is 4. The number of para-hydroxylation sites is 1. The van der Waals surface area contributed by atoms with Crippen molar-refractivity contribution in [3.8, 4) is 0 Å². The number of carbonyl (C=O) groups excluding carboxylic acids is 2. The second-order valence-electron chi connectivity index (χ2n) is 7.42. The van der Waals surface area contributed by atoms with E-state index in [2.05, 4.69) is 16.3 Å². The van der Waals surface area contributed by atoms with Crippen molar-refractivity contribution in [1.82, 2.24) is 4.90 Å². The van der Waals surface area contributed by atoms with Gasteiger partial charge in [-0.15, -0.1) is 0 Å². The SMILES string of the molecule is O=C(Nc1ccccc1CN1CCSCC1)C1CC(=O)N(c2cccc(Cl)c2)C1. The summed E-state index contributed by atoms with van der Waals surface area (Å²) >= 11 is 8.04. The summed E-state index contributed by atoms with van der Waals surface area (Å²) in [6.07, 6.45) is 0.212.